The Kier molecular flexibility index (Phi) is 17.1. The van der Waals surface area contributed by atoms with Crippen LogP contribution in [0, 0.1) is 6.92 Å². The molecule has 250 valence electrons. The Bertz CT molecular complexity index is 1370. The van der Waals surface area contributed by atoms with Crippen molar-refractivity contribution in [3.8, 4) is 5.75 Å². The number of pyridine rings is 1. The van der Waals surface area contributed by atoms with Crippen molar-refractivity contribution in [2.75, 3.05) is 6.61 Å². The second-order valence-corrected chi connectivity index (χ2v) is 15.2. The number of benzene rings is 2. The van der Waals surface area contributed by atoms with Crippen LogP contribution in [-0.2, 0) is 35.1 Å². The molecule has 0 bridgehead atoms. The molecule has 0 aliphatic heterocycles. The van der Waals surface area contributed by atoms with Crippen LogP contribution in [0.3, 0.4) is 0 Å². The van der Waals surface area contributed by atoms with E-state index in [0.717, 1.165) is 41.0 Å². The van der Waals surface area contributed by atoms with Crippen molar-refractivity contribution >= 4 is 10.0 Å². The molecule has 0 N–H and O–H groups in total. The SMILES string of the molecule is CCCCCCCCCCCCOc1ccc(CN(Cc2cc[n+](CC)cc2)S(=O)(=O)c2ccc(C)cc2)cc1C(C)(C)C.[I-]. The summed E-state index contributed by atoms with van der Waals surface area (Å²) in [5.41, 5.74) is 3.91. The van der Waals surface area contributed by atoms with Crippen LogP contribution in [0.15, 0.2) is 71.9 Å². The van der Waals surface area contributed by atoms with Crippen LogP contribution in [0.1, 0.15) is 121 Å². The quantitative estimate of drug-likeness (QED) is 0.0823. The summed E-state index contributed by atoms with van der Waals surface area (Å²) in [6, 6.07) is 17.3. The smallest absolute Gasteiger partial charge is 0.243 e. The zero-order valence-electron chi connectivity index (χ0n) is 28.7. The van der Waals surface area contributed by atoms with Crippen LogP contribution in [-0.4, -0.2) is 19.3 Å². The van der Waals surface area contributed by atoms with E-state index in [-0.39, 0.29) is 35.9 Å². The van der Waals surface area contributed by atoms with Crippen molar-refractivity contribution in [2.24, 2.45) is 0 Å². The van der Waals surface area contributed by atoms with Crippen LogP contribution in [0.5, 0.6) is 5.75 Å². The lowest BCUT2D eigenvalue weighted by molar-refractivity contribution is -0.693. The molecule has 1 aromatic heterocycles. The molecule has 0 atom stereocenters. The van der Waals surface area contributed by atoms with Gasteiger partial charge < -0.3 is 28.7 Å². The summed E-state index contributed by atoms with van der Waals surface area (Å²) >= 11 is 0. The standard InChI is InChI=1S/C38H57N2O3S.HI/c1-7-9-10-11-12-13-14-15-16-17-28-43-37-23-20-34(29-36(37)38(4,5)6)31-40(30-33-24-26-39(8-2)27-25-33)44(41,42)35-21-18-32(3)19-22-35;/h18-27,29H,7-17,28,30-31H2,1-6H3;1H/q+1;/p-1. The van der Waals surface area contributed by atoms with Crippen molar-refractivity contribution < 1.29 is 41.7 Å². The number of sulfonamides is 1. The van der Waals surface area contributed by atoms with Gasteiger partial charge in [0.25, 0.3) is 0 Å². The number of ether oxygens (including phenoxy) is 1. The molecule has 0 amide bonds. The number of aryl methyl sites for hydroxylation is 2. The minimum absolute atomic E-state index is 0. The molecular formula is C38H57IN2O3S. The molecule has 2 aromatic carbocycles. The van der Waals surface area contributed by atoms with Gasteiger partial charge in [0.2, 0.25) is 10.0 Å². The molecule has 45 heavy (non-hydrogen) atoms. The minimum Gasteiger partial charge on any atom is -1.00 e. The Balaban J connectivity index is 0.00000705. The summed E-state index contributed by atoms with van der Waals surface area (Å²) < 4.78 is 37.9. The first-order valence-electron chi connectivity index (χ1n) is 16.9. The van der Waals surface area contributed by atoms with Gasteiger partial charge in [-0.1, -0.05) is 115 Å². The molecule has 0 radical (unpaired) electrons. The molecular weight excluding hydrogens is 691 g/mol. The van der Waals surface area contributed by atoms with E-state index in [9.17, 15) is 8.42 Å². The maximum absolute atomic E-state index is 13.9. The molecule has 3 aromatic rings. The highest BCUT2D eigenvalue weighted by molar-refractivity contribution is 7.89. The molecule has 1 heterocycles. The summed E-state index contributed by atoms with van der Waals surface area (Å²) in [6.07, 6.45) is 17.0. The Morgan fingerprint density at radius 3 is 1.84 bits per heavy atom. The highest BCUT2D eigenvalue weighted by Gasteiger charge is 2.27. The fourth-order valence-corrected chi connectivity index (χ4v) is 6.87. The number of unbranched alkanes of at least 4 members (excludes halogenated alkanes) is 9. The Labute approximate surface area is 291 Å². The van der Waals surface area contributed by atoms with E-state index in [2.05, 4.69) is 45.3 Å². The van der Waals surface area contributed by atoms with E-state index in [0.29, 0.717) is 18.0 Å². The third-order valence-electron chi connectivity index (χ3n) is 8.31. The number of hydrogen-bond acceptors (Lipinski definition) is 3. The van der Waals surface area contributed by atoms with Gasteiger partial charge >= 0.3 is 0 Å². The second-order valence-electron chi connectivity index (χ2n) is 13.2. The Morgan fingerprint density at radius 2 is 1.29 bits per heavy atom. The minimum atomic E-state index is -3.73. The molecule has 7 heteroatoms. The first-order chi connectivity index (χ1) is 21.0. The maximum atomic E-state index is 13.9. The van der Waals surface area contributed by atoms with Gasteiger partial charge in [0.15, 0.2) is 12.4 Å². The number of halogens is 1. The zero-order valence-corrected chi connectivity index (χ0v) is 31.6. The second kappa shape index (κ2) is 19.6. The van der Waals surface area contributed by atoms with Gasteiger partial charge in [0.05, 0.1) is 11.5 Å². The molecule has 3 rings (SSSR count). The average Bonchev–Trinajstić information content (AvgIpc) is 3.00. The molecule has 0 aliphatic carbocycles. The fraction of sp³-hybridized carbons (Fsp3) is 0.553. The van der Waals surface area contributed by atoms with E-state index >= 15 is 0 Å². The van der Waals surface area contributed by atoms with Gasteiger partial charge in [0, 0.05) is 25.2 Å². The summed E-state index contributed by atoms with van der Waals surface area (Å²) in [5, 5.41) is 0. The molecule has 0 aliphatic rings. The van der Waals surface area contributed by atoms with Crippen LogP contribution in [0.2, 0.25) is 0 Å². The van der Waals surface area contributed by atoms with Gasteiger partial charge in [-0.25, -0.2) is 13.0 Å². The van der Waals surface area contributed by atoms with Crippen LogP contribution < -0.4 is 33.3 Å². The molecule has 0 spiro atoms. The van der Waals surface area contributed by atoms with Crippen molar-refractivity contribution in [3.63, 3.8) is 0 Å². The molecule has 0 saturated carbocycles. The van der Waals surface area contributed by atoms with Crippen LogP contribution >= 0.6 is 0 Å². The molecule has 0 fully saturated rings. The molecule has 0 unspecified atom stereocenters. The fourth-order valence-electron chi connectivity index (χ4n) is 5.46. The first kappa shape index (κ1) is 39.2. The van der Waals surface area contributed by atoms with E-state index in [1.165, 1.54) is 57.8 Å². The third-order valence-corrected chi connectivity index (χ3v) is 10.1. The maximum Gasteiger partial charge on any atom is 0.243 e. The van der Waals surface area contributed by atoms with Crippen molar-refractivity contribution in [3.05, 3.63) is 89.2 Å². The lowest BCUT2D eigenvalue weighted by atomic mass is 9.85. The van der Waals surface area contributed by atoms with E-state index in [1.54, 1.807) is 16.4 Å². The van der Waals surface area contributed by atoms with Gasteiger partial charge in [0.1, 0.15) is 12.3 Å². The summed E-state index contributed by atoms with van der Waals surface area (Å²) in [4.78, 5) is 0.315. The first-order valence-corrected chi connectivity index (χ1v) is 18.3. The zero-order chi connectivity index (χ0) is 32.0. The van der Waals surface area contributed by atoms with Gasteiger partial charge in [-0.15, -0.1) is 0 Å². The highest BCUT2D eigenvalue weighted by atomic mass is 127. The van der Waals surface area contributed by atoms with Gasteiger partial charge in [-0.05, 0) is 60.6 Å². The monoisotopic (exact) mass is 748 g/mol. The topological polar surface area (TPSA) is 50.5 Å². The van der Waals surface area contributed by atoms with Crippen molar-refractivity contribution in [2.45, 2.75) is 136 Å². The predicted octanol–water partition coefficient (Wildman–Crippen LogP) is 6.29. The van der Waals surface area contributed by atoms with E-state index in [1.807, 2.05) is 55.7 Å². The Hall–Kier alpha value is -1.97. The van der Waals surface area contributed by atoms with E-state index in [4.69, 9.17) is 4.74 Å². The van der Waals surface area contributed by atoms with Crippen molar-refractivity contribution in [1.29, 1.82) is 0 Å². The van der Waals surface area contributed by atoms with Crippen molar-refractivity contribution in [1.82, 2.24) is 4.31 Å². The lowest BCUT2D eigenvalue weighted by Crippen LogP contribution is -3.00. The van der Waals surface area contributed by atoms with Crippen LogP contribution in [0.25, 0.3) is 0 Å². The summed E-state index contributed by atoms with van der Waals surface area (Å²) in [5.74, 6) is 0.900. The van der Waals surface area contributed by atoms with Crippen LogP contribution in [0.4, 0.5) is 0 Å². The van der Waals surface area contributed by atoms with Gasteiger partial charge in [-0.2, -0.15) is 4.31 Å². The largest absolute Gasteiger partial charge is 1.00 e. The third kappa shape index (κ3) is 13.0. The van der Waals surface area contributed by atoms with E-state index < -0.39 is 10.0 Å². The lowest BCUT2D eigenvalue weighted by Gasteiger charge is -2.26. The molecule has 0 saturated heterocycles. The average molecular weight is 749 g/mol. The normalized spacial score (nSPS) is 11.9. The number of hydrogen-bond donors (Lipinski definition) is 0. The summed E-state index contributed by atoms with van der Waals surface area (Å²) in [7, 11) is -3.73. The predicted molar refractivity (Wildman–Crippen MR) is 182 cm³/mol. The highest BCUT2D eigenvalue weighted by Crippen LogP contribution is 2.33. The summed E-state index contributed by atoms with van der Waals surface area (Å²) in [6.45, 7) is 15.0. The van der Waals surface area contributed by atoms with Gasteiger partial charge in [-0.3, -0.25) is 0 Å². The number of rotatable bonds is 19. The number of nitrogens with zero attached hydrogens (tertiary/aromatic N) is 2. The Morgan fingerprint density at radius 1 is 0.733 bits per heavy atom. The number of aromatic nitrogens is 1. The molecule has 5 nitrogen and oxygen atoms in total.